The third-order valence-electron chi connectivity index (χ3n) is 4.97. The number of hydrogen-bond donors (Lipinski definition) is 1. The van der Waals surface area contributed by atoms with Crippen molar-refractivity contribution in [3.63, 3.8) is 0 Å². The van der Waals surface area contributed by atoms with Crippen molar-refractivity contribution in [2.75, 3.05) is 25.1 Å². The quantitative estimate of drug-likeness (QED) is 0.834. The third-order valence-corrected chi connectivity index (χ3v) is 4.97. The Kier molecular flexibility index (Phi) is 2.63. The van der Waals surface area contributed by atoms with Gasteiger partial charge in [0.1, 0.15) is 11.8 Å². The summed E-state index contributed by atoms with van der Waals surface area (Å²) in [6.07, 6.45) is 6.21. The summed E-state index contributed by atoms with van der Waals surface area (Å²) < 4.78 is 5.08. The Morgan fingerprint density at radius 3 is 3.24 bits per heavy atom. The van der Waals surface area contributed by atoms with Crippen molar-refractivity contribution in [1.29, 1.82) is 0 Å². The van der Waals surface area contributed by atoms with Crippen LogP contribution in [0.25, 0.3) is 11.2 Å². The molecule has 4 rings (SSSR count). The van der Waals surface area contributed by atoms with E-state index in [4.69, 9.17) is 4.74 Å². The summed E-state index contributed by atoms with van der Waals surface area (Å²) in [5, 5.41) is 0. The number of hydrogen-bond acceptors (Lipinski definition) is 6. The van der Waals surface area contributed by atoms with Crippen molar-refractivity contribution in [3.8, 4) is 0 Å². The lowest BCUT2D eigenvalue weighted by Crippen LogP contribution is -2.37. The lowest BCUT2D eigenvalue weighted by molar-refractivity contribution is -0.152. The van der Waals surface area contributed by atoms with Crippen molar-refractivity contribution in [1.82, 2.24) is 19.9 Å². The molecule has 1 aliphatic heterocycles. The number of aromatic nitrogens is 4. The lowest BCUT2D eigenvalue weighted by atomic mass is 9.81. The van der Waals surface area contributed by atoms with Crippen LogP contribution >= 0.6 is 0 Å². The van der Waals surface area contributed by atoms with Gasteiger partial charge in [0.25, 0.3) is 0 Å². The first kappa shape index (κ1) is 12.6. The van der Waals surface area contributed by atoms with E-state index in [9.17, 15) is 4.79 Å². The van der Waals surface area contributed by atoms with Gasteiger partial charge >= 0.3 is 5.97 Å². The number of carbonyl (C=O) groups excluding carboxylic acids is 1. The van der Waals surface area contributed by atoms with Crippen LogP contribution in [0.4, 0.5) is 5.82 Å². The number of rotatable bonds is 2. The number of carbonyl (C=O) groups is 1. The Morgan fingerprint density at radius 1 is 1.48 bits per heavy atom. The highest BCUT2D eigenvalue weighted by Gasteiger charge is 2.55. The Labute approximate surface area is 121 Å². The number of nitrogens with zero attached hydrogens (tertiary/aromatic N) is 4. The number of esters is 1. The molecule has 21 heavy (non-hydrogen) atoms. The van der Waals surface area contributed by atoms with Crippen LogP contribution in [0.2, 0.25) is 0 Å². The molecule has 110 valence electrons. The molecule has 1 saturated heterocycles. The number of ether oxygens (including phenoxy) is 1. The molecule has 1 N–H and O–H groups in total. The maximum absolute atomic E-state index is 12.3. The molecule has 2 unspecified atom stereocenters. The van der Waals surface area contributed by atoms with Gasteiger partial charge in [-0.2, -0.15) is 0 Å². The smallest absolute Gasteiger partial charge is 0.313 e. The molecule has 2 atom stereocenters. The molecule has 0 aromatic carbocycles. The average Bonchev–Trinajstić information content (AvgIpc) is 3.18. The van der Waals surface area contributed by atoms with Crippen molar-refractivity contribution in [3.05, 3.63) is 12.7 Å². The van der Waals surface area contributed by atoms with Crippen molar-refractivity contribution < 1.29 is 9.53 Å². The molecule has 0 bridgehead atoms. The van der Waals surface area contributed by atoms with E-state index >= 15 is 0 Å². The molecular weight excluding hydrogens is 270 g/mol. The van der Waals surface area contributed by atoms with Crippen LogP contribution in [-0.4, -0.2) is 46.1 Å². The number of aromatic amines is 1. The zero-order chi connectivity index (χ0) is 14.4. The second-order valence-corrected chi connectivity index (χ2v) is 5.92. The SMILES string of the molecule is COC(=O)C12CCCC1CN(c1ncnc3nc[nH]c13)C2. The summed E-state index contributed by atoms with van der Waals surface area (Å²) >= 11 is 0. The zero-order valence-corrected chi connectivity index (χ0v) is 11.9. The molecule has 2 aliphatic rings. The average molecular weight is 287 g/mol. The Morgan fingerprint density at radius 2 is 2.38 bits per heavy atom. The maximum Gasteiger partial charge on any atom is 0.313 e. The minimum Gasteiger partial charge on any atom is -0.469 e. The lowest BCUT2D eigenvalue weighted by Gasteiger charge is -2.25. The molecule has 0 amide bonds. The maximum atomic E-state index is 12.3. The van der Waals surface area contributed by atoms with E-state index in [1.54, 1.807) is 6.33 Å². The number of anilines is 1. The van der Waals surface area contributed by atoms with Gasteiger partial charge in [0.2, 0.25) is 0 Å². The van der Waals surface area contributed by atoms with Crippen LogP contribution in [-0.2, 0) is 9.53 Å². The molecular formula is C14H17N5O2. The molecule has 7 nitrogen and oxygen atoms in total. The normalized spacial score (nSPS) is 28.0. The fourth-order valence-electron chi connectivity index (χ4n) is 3.98. The number of H-pyrrole nitrogens is 1. The molecule has 1 aliphatic carbocycles. The molecule has 2 aromatic heterocycles. The van der Waals surface area contributed by atoms with E-state index in [0.717, 1.165) is 37.1 Å². The first-order chi connectivity index (χ1) is 10.2. The zero-order valence-electron chi connectivity index (χ0n) is 11.9. The summed E-state index contributed by atoms with van der Waals surface area (Å²) in [6.45, 7) is 1.50. The molecule has 1 saturated carbocycles. The first-order valence-electron chi connectivity index (χ1n) is 7.22. The highest BCUT2D eigenvalue weighted by atomic mass is 16.5. The van der Waals surface area contributed by atoms with Gasteiger partial charge in [-0.15, -0.1) is 0 Å². The predicted octanol–water partition coefficient (Wildman–Crippen LogP) is 1.13. The minimum absolute atomic E-state index is 0.0811. The minimum atomic E-state index is -0.369. The summed E-state index contributed by atoms with van der Waals surface area (Å²) in [5.74, 6) is 1.09. The number of fused-ring (bicyclic) bond motifs is 2. The van der Waals surface area contributed by atoms with E-state index in [0.29, 0.717) is 18.1 Å². The predicted molar refractivity (Wildman–Crippen MR) is 75.7 cm³/mol. The van der Waals surface area contributed by atoms with Gasteiger partial charge in [0.15, 0.2) is 11.5 Å². The van der Waals surface area contributed by atoms with Crippen LogP contribution in [0.3, 0.4) is 0 Å². The standard InChI is InChI=1S/C14H17N5O2/c1-21-13(20)14-4-2-3-9(14)5-19(6-14)12-10-11(16-7-15-10)17-8-18-12/h7-9H,2-6H2,1H3,(H,15,16,17,18). The molecule has 7 heteroatoms. The fourth-order valence-corrected chi connectivity index (χ4v) is 3.98. The summed E-state index contributed by atoms with van der Waals surface area (Å²) in [4.78, 5) is 30.3. The van der Waals surface area contributed by atoms with Gasteiger partial charge in [-0.25, -0.2) is 15.0 Å². The van der Waals surface area contributed by atoms with Crippen molar-refractivity contribution >= 4 is 23.0 Å². The summed E-state index contributed by atoms with van der Waals surface area (Å²) in [6, 6.07) is 0. The molecule has 0 spiro atoms. The second kappa shape index (κ2) is 4.41. The van der Waals surface area contributed by atoms with Crippen LogP contribution in [0.5, 0.6) is 0 Å². The van der Waals surface area contributed by atoms with Gasteiger partial charge in [0, 0.05) is 13.1 Å². The van der Waals surface area contributed by atoms with Crippen molar-refractivity contribution in [2.24, 2.45) is 11.3 Å². The van der Waals surface area contributed by atoms with Crippen molar-refractivity contribution in [2.45, 2.75) is 19.3 Å². The third kappa shape index (κ3) is 1.66. The van der Waals surface area contributed by atoms with E-state index in [-0.39, 0.29) is 11.4 Å². The van der Waals surface area contributed by atoms with Gasteiger partial charge in [-0.05, 0) is 18.8 Å². The van der Waals surface area contributed by atoms with Crippen LogP contribution in [0.15, 0.2) is 12.7 Å². The Hall–Kier alpha value is -2.18. The van der Waals surface area contributed by atoms with Crippen LogP contribution in [0, 0.1) is 11.3 Å². The first-order valence-corrected chi connectivity index (χ1v) is 7.22. The highest BCUT2D eigenvalue weighted by molar-refractivity contribution is 5.85. The van der Waals surface area contributed by atoms with Crippen LogP contribution in [0.1, 0.15) is 19.3 Å². The van der Waals surface area contributed by atoms with E-state index in [1.165, 1.54) is 13.4 Å². The van der Waals surface area contributed by atoms with Gasteiger partial charge in [-0.3, -0.25) is 4.79 Å². The van der Waals surface area contributed by atoms with Gasteiger partial charge < -0.3 is 14.6 Å². The van der Waals surface area contributed by atoms with Gasteiger partial charge in [0.05, 0.1) is 18.9 Å². The van der Waals surface area contributed by atoms with Gasteiger partial charge in [-0.1, -0.05) is 6.42 Å². The van der Waals surface area contributed by atoms with E-state index in [2.05, 4.69) is 24.8 Å². The number of methoxy groups -OCH3 is 1. The number of imidazole rings is 1. The molecule has 2 fully saturated rings. The highest BCUT2D eigenvalue weighted by Crippen LogP contribution is 2.50. The summed E-state index contributed by atoms with van der Waals surface area (Å²) in [7, 11) is 1.48. The second-order valence-electron chi connectivity index (χ2n) is 5.92. The molecule has 0 radical (unpaired) electrons. The molecule has 3 heterocycles. The Bertz CT molecular complexity index is 699. The molecule has 2 aromatic rings. The Balaban J connectivity index is 1.73. The van der Waals surface area contributed by atoms with E-state index in [1.807, 2.05) is 0 Å². The van der Waals surface area contributed by atoms with Crippen LogP contribution < -0.4 is 4.90 Å². The summed E-state index contributed by atoms with van der Waals surface area (Å²) in [5.41, 5.74) is 1.12. The monoisotopic (exact) mass is 287 g/mol. The van der Waals surface area contributed by atoms with E-state index < -0.39 is 0 Å². The largest absolute Gasteiger partial charge is 0.469 e. The topological polar surface area (TPSA) is 84.0 Å². The fraction of sp³-hybridized carbons (Fsp3) is 0.571. The number of nitrogens with one attached hydrogen (secondary N) is 1.